The first-order valence-corrected chi connectivity index (χ1v) is 4.00. The van der Waals surface area contributed by atoms with Gasteiger partial charge >= 0.3 is 0 Å². The summed E-state index contributed by atoms with van der Waals surface area (Å²) in [6.45, 7) is 1.24. The maximum atomic E-state index is 10.4. The monoisotopic (exact) mass is 166 g/mol. The van der Waals surface area contributed by atoms with Crippen molar-refractivity contribution in [1.29, 1.82) is 0 Å². The summed E-state index contributed by atoms with van der Waals surface area (Å²) in [5.74, 6) is 0.854. The van der Waals surface area contributed by atoms with Crippen molar-refractivity contribution in [3.63, 3.8) is 0 Å². The molecule has 1 heterocycles. The maximum Gasteiger partial charge on any atom is 0.146 e. The van der Waals surface area contributed by atoms with E-state index in [1.54, 1.807) is 6.08 Å². The summed E-state index contributed by atoms with van der Waals surface area (Å²) in [4.78, 5) is 10.4. The zero-order valence-electron chi connectivity index (χ0n) is 6.66. The van der Waals surface area contributed by atoms with Gasteiger partial charge in [-0.05, 0) is 11.6 Å². The van der Waals surface area contributed by atoms with E-state index in [2.05, 4.69) is 0 Å². The van der Waals surface area contributed by atoms with Crippen LogP contribution in [0.4, 0.5) is 0 Å². The lowest BCUT2D eigenvalue weighted by Crippen LogP contribution is -2.28. The first-order chi connectivity index (χ1) is 5.90. The first kappa shape index (κ1) is 7.55. The van der Waals surface area contributed by atoms with Crippen LogP contribution in [0.25, 0.3) is 0 Å². The lowest BCUT2D eigenvalue weighted by atomic mass is 10.0. The number of allylic oxidation sites excluding steroid dienone is 2. The summed E-state index contributed by atoms with van der Waals surface area (Å²) in [7, 11) is 0. The third-order valence-electron chi connectivity index (χ3n) is 2.02. The summed E-state index contributed by atoms with van der Waals surface area (Å²) in [6, 6.07) is 0. The van der Waals surface area contributed by atoms with Crippen molar-refractivity contribution in [2.75, 3.05) is 13.2 Å². The number of aldehydes is 1. The lowest BCUT2D eigenvalue weighted by Gasteiger charge is -2.28. The van der Waals surface area contributed by atoms with Crippen molar-refractivity contribution in [1.82, 2.24) is 0 Å². The van der Waals surface area contributed by atoms with Gasteiger partial charge < -0.3 is 9.47 Å². The minimum absolute atomic E-state index is 0.0241. The number of carbonyl (C=O) groups is 1. The van der Waals surface area contributed by atoms with Gasteiger partial charge in [-0.3, -0.25) is 4.79 Å². The van der Waals surface area contributed by atoms with Crippen LogP contribution >= 0.6 is 0 Å². The van der Waals surface area contributed by atoms with Gasteiger partial charge in [0.25, 0.3) is 0 Å². The van der Waals surface area contributed by atoms with E-state index in [9.17, 15) is 4.79 Å². The second-order valence-corrected chi connectivity index (χ2v) is 2.84. The predicted molar refractivity (Wildman–Crippen MR) is 42.5 cm³/mol. The number of ether oxygens (including phenoxy) is 2. The number of rotatable bonds is 1. The van der Waals surface area contributed by atoms with Crippen LogP contribution in [0.15, 0.2) is 23.5 Å². The molecule has 0 aromatic heterocycles. The zero-order valence-corrected chi connectivity index (χ0v) is 6.66. The molecule has 0 bridgehead atoms. The Morgan fingerprint density at radius 2 is 2.33 bits per heavy atom. The summed E-state index contributed by atoms with van der Waals surface area (Å²) >= 11 is 0. The molecule has 12 heavy (non-hydrogen) atoms. The van der Waals surface area contributed by atoms with E-state index in [0.717, 1.165) is 17.6 Å². The average molecular weight is 166 g/mol. The highest BCUT2D eigenvalue weighted by molar-refractivity contribution is 5.74. The molecule has 0 radical (unpaired) electrons. The van der Waals surface area contributed by atoms with Crippen LogP contribution in [0.1, 0.15) is 6.42 Å². The van der Waals surface area contributed by atoms with E-state index in [0.29, 0.717) is 19.6 Å². The molecule has 0 aromatic carbocycles. The molecule has 1 atom stereocenters. The summed E-state index contributed by atoms with van der Waals surface area (Å²) < 4.78 is 10.8. The minimum atomic E-state index is -0.0241. The van der Waals surface area contributed by atoms with E-state index >= 15 is 0 Å². The van der Waals surface area contributed by atoms with Crippen molar-refractivity contribution < 1.29 is 14.3 Å². The average Bonchev–Trinajstić information content (AvgIpc) is 2.17. The molecule has 2 rings (SSSR count). The molecule has 1 aliphatic heterocycles. The Morgan fingerprint density at radius 3 is 3.17 bits per heavy atom. The third-order valence-corrected chi connectivity index (χ3v) is 2.02. The molecule has 1 saturated heterocycles. The highest BCUT2D eigenvalue weighted by Gasteiger charge is 2.24. The summed E-state index contributed by atoms with van der Waals surface area (Å²) in [6.07, 6.45) is 5.09. The standard InChI is InChI=1S/C9H10O3/c10-6-7-1-2-8-9(5-7)12-4-3-11-8/h1-2,6,9H,3-5H2. The van der Waals surface area contributed by atoms with Gasteiger partial charge in [-0.1, -0.05) is 6.08 Å². The van der Waals surface area contributed by atoms with E-state index < -0.39 is 0 Å². The van der Waals surface area contributed by atoms with Crippen molar-refractivity contribution in [3.8, 4) is 0 Å². The Bertz CT molecular complexity index is 252. The minimum Gasteiger partial charge on any atom is -0.493 e. The van der Waals surface area contributed by atoms with Gasteiger partial charge in [0, 0.05) is 6.42 Å². The molecule has 3 heteroatoms. The molecule has 1 unspecified atom stereocenters. The summed E-state index contributed by atoms with van der Waals surface area (Å²) in [5.41, 5.74) is 0.772. The molecule has 1 aliphatic carbocycles. The maximum absolute atomic E-state index is 10.4. The van der Waals surface area contributed by atoms with Crippen LogP contribution in [0.2, 0.25) is 0 Å². The zero-order chi connectivity index (χ0) is 8.39. The third kappa shape index (κ3) is 1.28. The fourth-order valence-electron chi connectivity index (χ4n) is 1.40. The Hall–Kier alpha value is -1.09. The van der Waals surface area contributed by atoms with Gasteiger partial charge in [0.1, 0.15) is 24.8 Å². The van der Waals surface area contributed by atoms with E-state index in [1.807, 2.05) is 6.08 Å². The molecular formula is C9H10O3. The molecule has 3 nitrogen and oxygen atoms in total. The normalized spacial score (nSPS) is 27.8. The molecule has 0 aromatic rings. The van der Waals surface area contributed by atoms with Crippen LogP contribution in [0.3, 0.4) is 0 Å². The van der Waals surface area contributed by atoms with Crippen LogP contribution in [-0.4, -0.2) is 25.6 Å². The fourth-order valence-corrected chi connectivity index (χ4v) is 1.40. The summed E-state index contributed by atoms with van der Waals surface area (Å²) in [5, 5.41) is 0. The Labute approximate surface area is 70.7 Å². The predicted octanol–water partition coefficient (Wildman–Crippen LogP) is 0.815. The Morgan fingerprint density at radius 1 is 1.42 bits per heavy atom. The molecule has 2 aliphatic rings. The largest absolute Gasteiger partial charge is 0.493 e. The Kier molecular flexibility index (Phi) is 1.96. The Balaban J connectivity index is 2.17. The van der Waals surface area contributed by atoms with E-state index in [4.69, 9.17) is 9.47 Å². The number of hydrogen-bond acceptors (Lipinski definition) is 3. The van der Waals surface area contributed by atoms with Crippen LogP contribution in [0.5, 0.6) is 0 Å². The molecule has 0 N–H and O–H groups in total. The molecule has 0 spiro atoms. The van der Waals surface area contributed by atoms with Crippen LogP contribution in [-0.2, 0) is 14.3 Å². The second kappa shape index (κ2) is 3.11. The van der Waals surface area contributed by atoms with E-state index in [-0.39, 0.29) is 6.10 Å². The van der Waals surface area contributed by atoms with Gasteiger partial charge in [0.15, 0.2) is 0 Å². The van der Waals surface area contributed by atoms with Crippen molar-refractivity contribution in [2.24, 2.45) is 0 Å². The fraction of sp³-hybridized carbons (Fsp3) is 0.444. The smallest absolute Gasteiger partial charge is 0.146 e. The number of hydrogen-bond donors (Lipinski definition) is 0. The van der Waals surface area contributed by atoms with Gasteiger partial charge in [-0.15, -0.1) is 0 Å². The van der Waals surface area contributed by atoms with Crippen LogP contribution in [0, 0.1) is 0 Å². The second-order valence-electron chi connectivity index (χ2n) is 2.84. The first-order valence-electron chi connectivity index (χ1n) is 4.00. The van der Waals surface area contributed by atoms with Crippen LogP contribution < -0.4 is 0 Å². The highest BCUT2D eigenvalue weighted by atomic mass is 16.6. The molecule has 0 amide bonds. The lowest BCUT2D eigenvalue weighted by molar-refractivity contribution is -0.105. The molecule has 0 saturated carbocycles. The van der Waals surface area contributed by atoms with Crippen molar-refractivity contribution in [2.45, 2.75) is 12.5 Å². The van der Waals surface area contributed by atoms with Crippen molar-refractivity contribution in [3.05, 3.63) is 23.5 Å². The van der Waals surface area contributed by atoms with Gasteiger partial charge in [-0.2, -0.15) is 0 Å². The highest BCUT2D eigenvalue weighted by Crippen LogP contribution is 2.24. The SMILES string of the molecule is O=CC1=CC=C2OCCOC2C1. The quantitative estimate of drug-likeness (QED) is 0.541. The van der Waals surface area contributed by atoms with E-state index in [1.165, 1.54) is 0 Å². The van der Waals surface area contributed by atoms with Gasteiger partial charge in [0.2, 0.25) is 0 Å². The molecule has 1 fully saturated rings. The van der Waals surface area contributed by atoms with Gasteiger partial charge in [-0.25, -0.2) is 0 Å². The molecule has 64 valence electrons. The number of carbonyl (C=O) groups excluding carboxylic acids is 1. The topological polar surface area (TPSA) is 35.5 Å². The number of fused-ring (bicyclic) bond motifs is 1. The molecular weight excluding hydrogens is 156 g/mol. The van der Waals surface area contributed by atoms with Crippen molar-refractivity contribution >= 4 is 6.29 Å². The van der Waals surface area contributed by atoms with Gasteiger partial charge in [0.05, 0.1) is 6.61 Å².